The van der Waals surface area contributed by atoms with Gasteiger partial charge in [0.05, 0.1) is 65.1 Å². The molecule has 3 aliphatic heterocycles. The number of morpholine rings is 1. The zero-order valence-electron chi connectivity index (χ0n) is 37.8. The first-order valence-corrected chi connectivity index (χ1v) is 22.7. The number of fused-ring (bicyclic) bond motifs is 6. The van der Waals surface area contributed by atoms with Gasteiger partial charge >= 0.3 is 11.4 Å². The molecule has 3 fully saturated rings. The number of imidazole rings is 1. The molecule has 1 saturated carbocycles. The van der Waals surface area contributed by atoms with Crippen LogP contribution >= 0.6 is 0 Å². The number of rotatable bonds is 7. The number of ether oxygens (including phenoxy) is 2. The molecule has 12 rings (SSSR count). The normalized spacial score (nSPS) is 23.3. The fourth-order valence-electron chi connectivity index (χ4n) is 11.4. The Labute approximate surface area is 381 Å². The van der Waals surface area contributed by atoms with Crippen LogP contribution in [-0.4, -0.2) is 85.7 Å². The van der Waals surface area contributed by atoms with Crippen LogP contribution < -0.4 is 11.4 Å². The number of hydrogen-bond donors (Lipinski definition) is 1. The van der Waals surface area contributed by atoms with Gasteiger partial charge in [0, 0.05) is 48.9 Å². The van der Waals surface area contributed by atoms with E-state index in [0.29, 0.717) is 64.0 Å². The zero-order valence-corrected chi connectivity index (χ0v) is 37.8. The van der Waals surface area contributed by atoms with Crippen molar-refractivity contribution in [3.05, 3.63) is 139 Å². The van der Waals surface area contributed by atoms with E-state index in [-0.39, 0.29) is 59.9 Å². The lowest BCUT2D eigenvalue weighted by Gasteiger charge is -2.45. The number of aryl methyl sites for hydroxylation is 3. The van der Waals surface area contributed by atoms with E-state index in [1.54, 1.807) is 60.7 Å². The Morgan fingerprint density at radius 1 is 0.940 bits per heavy atom. The topological polar surface area (TPSA) is 165 Å². The molecule has 67 heavy (non-hydrogen) atoms. The second-order valence-electron chi connectivity index (χ2n) is 19.5. The minimum absolute atomic E-state index is 0.0192. The van der Waals surface area contributed by atoms with Crippen LogP contribution in [0.5, 0.6) is 0 Å². The molecule has 8 aromatic rings. The molecule has 16 nitrogen and oxygen atoms in total. The van der Waals surface area contributed by atoms with Crippen LogP contribution in [0.1, 0.15) is 96.3 Å². The van der Waals surface area contributed by atoms with E-state index in [1.165, 1.54) is 21.5 Å². The van der Waals surface area contributed by atoms with Gasteiger partial charge in [0.15, 0.2) is 11.6 Å². The Kier molecular flexibility index (Phi) is 9.01. The molecule has 1 amide bonds. The molecule has 2 saturated heterocycles. The van der Waals surface area contributed by atoms with Crippen molar-refractivity contribution in [3.63, 3.8) is 0 Å². The lowest BCUT2D eigenvalue weighted by molar-refractivity contribution is -0.0592. The number of halogens is 2. The molecule has 3 aromatic carbocycles. The monoisotopic (exact) mass is 910 g/mol. The lowest BCUT2D eigenvalue weighted by Crippen LogP contribution is -2.55. The van der Waals surface area contributed by atoms with Crippen LogP contribution in [0.4, 0.5) is 8.78 Å². The van der Waals surface area contributed by atoms with E-state index >= 15 is 13.6 Å². The summed E-state index contributed by atoms with van der Waals surface area (Å²) in [6.07, 6.45) is 7.07. The quantitative estimate of drug-likeness (QED) is 0.181. The van der Waals surface area contributed by atoms with E-state index in [1.807, 2.05) is 15.5 Å². The Hall–Kier alpha value is -6.92. The second kappa shape index (κ2) is 14.5. The Morgan fingerprint density at radius 3 is 2.43 bits per heavy atom. The third-order valence-electron chi connectivity index (χ3n) is 14.8. The smallest absolute Gasteiger partial charge is 0.377 e. The fraction of sp³-hybridized carbons (Fsp3) is 0.388. The molecular formula is C49H48F2N10O6. The third-order valence-corrected chi connectivity index (χ3v) is 14.8. The Morgan fingerprint density at radius 2 is 1.70 bits per heavy atom. The van der Waals surface area contributed by atoms with Crippen LogP contribution in [0, 0.1) is 31.4 Å². The number of hydrogen-bond acceptors (Lipinski definition) is 9. The summed E-state index contributed by atoms with van der Waals surface area (Å²) < 4.78 is 56.7. The van der Waals surface area contributed by atoms with Gasteiger partial charge in [-0.05, 0) is 118 Å². The minimum Gasteiger partial charge on any atom is -0.377 e. The largest absolute Gasteiger partial charge is 0.438 e. The first kappa shape index (κ1) is 41.5. The summed E-state index contributed by atoms with van der Waals surface area (Å²) in [5.74, 6) is -1.03. The highest BCUT2D eigenvalue weighted by molar-refractivity contribution is 6.00. The summed E-state index contributed by atoms with van der Waals surface area (Å²) >= 11 is 0. The highest BCUT2D eigenvalue weighted by atomic mass is 19.1. The maximum Gasteiger partial charge on any atom is 0.438 e. The van der Waals surface area contributed by atoms with E-state index in [0.717, 1.165) is 29.3 Å². The standard InChI is InChI=1S/C49H48F2N10O6/c1-25-15-31(16-26(2)41(25)50)61-43(58-13-12-57(47(58)64)37-10-9-36-33(42(37)51)22-52-56(36)6)40-34(54-61)19-32-23-65-24-39(40)59(32)44(62)38-18-30-17-28(29-11-14-66-48(4,5)21-29)7-8-35(30)60(38)49(20-27(49)3)45-53-46(63)67-55-45/h7-10,12-13,15-18,22,27,29,32,39H,11,14,19-21,23-24H2,1-6H3,(H,53,55,63)/t27-,29-,32-,39-,49-/m0/s1. The van der Waals surface area contributed by atoms with Crippen molar-refractivity contribution in [2.45, 2.75) is 89.4 Å². The van der Waals surface area contributed by atoms with Gasteiger partial charge in [-0.1, -0.05) is 18.1 Å². The molecule has 0 spiro atoms. The first-order chi connectivity index (χ1) is 32.1. The van der Waals surface area contributed by atoms with E-state index in [9.17, 15) is 9.59 Å². The van der Waals surface area contributed by atoms with Gasteiger partial charge in [-0.15, -0.1) is 0 Å². The Balaban J connectivity index is 1.03. The number of amides is 1. The zero-order chi connectivity index (χ0) is 46.4. The van der Waals surface area contributed by atoms with Gasteiger partial charge in [0.25, 0.3) is 5.91 Å². The van der Waals surface area contributed by atoms with Crippen LogP contribution in [0.2, 0.25) is 0 Å². The SMILES string of the molecule is Cc1cc(-n2nc3c(c2-n2ccn(-c4ccc5c(cnn5C)c4F)c2=O)[C@@H]2COC[C@H](C3)N2C(=O)c2cc3cc([C@H]4CCOC(C)(C)C4)ccc3n2[C@@]2(c3noc(=O)[nH]3)C[C@@H]2C)cc(C)c1F. The van der Waals surface area contributed by atoms with Gasteiger partial charge in [0.1, 0.15) is 22.9 Å². The third kappa shape index (κ3) is 6.14. The van der Waals surface area contributed by atoms with Crippen molar-refractivity contribution in [3.8, 4) is 17.2 Å². The van der Waals surface area contributed by atoms with Crippen molar-refractivity contribution < 1.29 is 27.6 Å². The van der Waals surface area contributed by atoms with Crippen molar-refractivity contribution in [1.29, 1.82) is 0 Å². The molecule has 18 heteroatoms. The molecule has 344 valence electrons. The average Bonchev–Trinajstić information content (AvgIpc) is 3.92. The van der Waals surface area contributed by atoms with Crippen molar-refractivity contribution >= 4 is 27.7 Å². The number of nitrogens with one attached hydrogen (secondary N) is 1. The highest BCUT2D eigenvalue weighted by Crippen LogP contribution is 2.56. The Bertz CT molecular complexity index is 3470. The first-order valence-electron chi connectivity index (χ1n) is 22.7. The van der Waals surface area contributed by atoms with Gasteiger partial charge in [0.2, 0.25) is 0 Å². The summed E-state index contributed by atoms with van der Waals surface area (Å²) in [7, 11) is 1.72. The van der Waals surface area contributed by atoms with Crippen molar-refractivity contribution in [2.75, 3.05) is 19.8 Å². The van der Waals surface area contributed by atoms with Crippen LogP contribution in [-0.2, 0) is 28.5 Å². The summed E-state index contributed by atoms with van der Waals surface area (Å²) in [6, 6.07) is 13.7. The van der Waals surface area contributed by atoms with E-state index in [4.69, 9.17) is 19.1 Å². The van der Waals surface area contributed by atoms with Gasteiger partial charge in [-0.3, -0.25) is 28.1 Å². The minimum atomic E-state index is -0.883. The van der Waals surface area contributed by atoms with Gasteiger partial charge in [-0.25, -0.2) is 23.1 Å². The molecule has 2 bridgehead atoms. The maximum atomic E-state index is 16.2. The van der Waals surface area contributed by atoms with Crippen LogP contribution in [0.15, 0.2) is 81.2 Å². The number of nitrogens with zero attached hydrogens (tertiary/aromatic N) is 9. The van der Waals surface area contributed by atoms with Crippen molar-refractivity contribution in [2.24, 2.45) is 13.0 Å². The molecule has 8 heterocycles. The van der Waals surface area contributed by atoms with Gasteiger partial charge < -0.3 is 18.9 Å². The second-order valence-corrected chi connectivity index (χ2v) is 19.5. The molecule has 5 aromatic heterocycles. The lowest BCUT2D eigenvalue weighted by atomic mass is 9.83. The summed E-state index contributed by atoms with van der Waals surface area (Å²) in [5.41, 5.74) is 3.73. The summed E-state index contributed by atoms with van der Waals surface area (Å²) in [4.78, 5) is 47.9. The maximum absolute atomic E-state index is 16.2. The number of aromatic nitrogens is 9. The average molecular weight is 911 g/mol. The summed E-state index contributed by atoms with van der Waals surface area (Å²) in [6.45, 7) is 10.6. The predicted octanol–water partition coefficient (Wildman–Crippen LogP) is 6.82. The number of aromatic amines is 1. The molecule has 5 atom stereocenters. The molecule has 1 aliphatic carbocycles. The molecule has 1 N–H and O–H groups in total. The predicted molar refractivity (Wildman–Crippen MR) is 241 cm³/mol. The number of carbonyl (C=O) groups excluding carboxylic acids is 1. The number of H-pyrrole nitrogens is 1. The highest BCUT2D eigenvalue weighted by Gasteiger charge is 2.59. The molecule has 0 radical (unpaired) electrons. The number of carbonyl (C=O) groups is 1. The van der Waals surface area contributed by atoms with Crippen LogP contribution in [0.25, 0.3) is 39.0 Å². The van der Waals surface area contributed by atoms with Gasteiger partial charge in [-0.2, -0.15) is 10.2 Å². The summed E-state index contributed by atoms with van der Waals surface area (Å²) in [5, 5.41) is 14.7. The number of benzene rings is 3. The van der Waals surface area contributed by atoms with E-state index < -0.39 is 34.9 Å². The van der Waals surface area contributed by atoms with Crippen molar-refractivity contribution in [1.82, 2.24) is 48.3 Å². The molecule has 4 aliphatic rings. The fourth-order valence-corrected chi connectivity index (χ4v) is 11.4. The molecule has 0 unspecified atom stereocenters. The molecular weight excluding hydrogens is 863 g/mol. The van der Waals surface area contributed by atoms with E-state index in [2.05, 4.69) is 54.2 Å². The van der Waals surface area contributed by atoms with Crippen LogP contribution in [0.3, 0.4) is 0 Å².